The minimum atomic E-state index is -3.72. The van der Waals surface area contributed by atoms with Gasteiger partial charge in [0.15, 0.2) is 0 Å². The third-order valence-electron chi connectivity index (χ3n) is 3.19. The topological polar surface area (TPSA) is 83.9 Å². The molecule has 0 aromatic heterocycles. The van der Waals surface area contributed by atoms with Gasteiger partial charge in [0.1, 0.15) is 0 Å². The van der Waals surface area contributed by atoms with Crippen LogP contribution in [-0.2, 0) is 14.8 Å². The number of aromatic carboxylic acids is 1. The van der Waals surface area contributed by atoms with Crippen LogP contribution in [0.2, 0.25) is 5.02 Å². The number of ether oxygens (including phenoxy) is 1. The molecular formula is C13H16ClNO5S. The Labute approximate surface area is 128 Å². The van der Waals surface area contributed by atoms with Crippen LogP contribution >= 0.6 is 11.6 Å². The molecule has 2 unspecified atom stereocenters. The van der Waals surface area contributed by atoms with Gasteiger partial charge in [-0.2, -0.15) is 4.31 Å². The molecule has 0 aliphatic carbocycles. The minimum Gasteiger partial charge on any atom is -0.478 e. The Hall–Kier alpha value is -1.15. The van der Waals surface area contributed by atoms with Gasteiger partial charge >= 0.3 is 5.97 Å². The molecule has 2 atom stereocenters. The first-order valence-electron chi connectivity index (χ1n) is 6.40. The fraction of sp³-hybridized carbons (Fsp3) is 0.462. The standard InChI is InChI=1S/C13H16ClNO5S/c1-8-6-15(7-9(2)20-8)21(18,19)10-3-4-11(13(16)17)12(14)5-10/h3-5,8-9H,6-7H2,1-2H3,(H,16,17). The third-order valence-corrected chi connectivity index (χ3v) is 5.34. The Kier molecular flexibility index (Phi) is 4.57. The van der Waals surface area contributed by atoms with Crippen molar-refractivity contribution in [2.45, 2.75) is 31.0 Å². The van der Waals surface area contributed by atoms with Gasteiger partial charge in [-0.3, -0.25) is 0 Å². The summed E-state index contributed by atoms with van der Waals surface area (Å²) >= 11 is 5.84. The third kappa shape index (κ3) is 3.37. The first-order valence-corrected chi connectivity index (χ1v) is 8.22. The van der Waals surface area contributed by atoms with Crippen LogP contribution in [-0.4, -0.2) is 49.1 Å². The van der Waals surface area contributed by atoms with E-state index in [-0.39, 0.29) is 40.8 Å². The number of carboxylic acid groups (broad SMARTS) is 1. The molecule has 21 heavy (non-hydrogen) atoms. The summed E-state index contributed by atoms with van der Waals surface area (Å²) in [6, 6.07) is 3.63. The van der Waals surface area contributed by atoms with Gasteiger partial charge in [-0.1, -0.05) is 11.6 Å². The molecule has 0 amide bonds. The van der Waals surface area contributed by atoms with E-state index in [0.717, 1.165) is 0 Å². The van der Waals surface area contributed by atoms with E-state index in [2.05, 4.69) is 0 Å². The molecule has 1 aliphatic rings. The first kappa shape index (κ1) is 16.2. The van der Waals surface area contributed by atoms with Gasteiger partial charge in [0.25, 0.3) is 0 Å². The molecule has 1 aliphatic heterocycles. The molecule has 1 fully saturated rings. The van der Waals surface area contributed by atoms with Gasteiger partial charge in [0, 0.05) is 13.1 Å². The number of halogens is 1. The maximum atomic E-state index is 12.6. The van der Waals surface area contributed by atoms with Crippen LogP contribution < -0.4 is 0 Å². The molecule has 0 spiro atoms. The smallest absolute Gasteiger partial charge is 0.337 e. The Morgan fingerprint density at radius 3 is 2.38 bits per heavy atom. The van der Waals surface area contributed by atoms with Crippen LogP contribution in [0.15, 0.2) is 23.1 Å². The summed E-state index contributed by atoms with van der Waals surface area (Å²) in [5, 5.41) is 8.82. The van der Waals surface area contributed by atoms with Crippen LogP contribution in [0, 0.1) is 0 Å². The quantitative estimate of drug-likeness (QED) is 0.912. The lowest BCUT2D eigenvalue weighted by Crippen LogP contribution is -2.48. The molecule has 1 aromatic carbocycles. The molecular weight excluding hydrogens is 318 g/mol. The van der Waals surface area contributed by atoms with E-state index in [9.17, 15) is 13.2 Å². The fourth-order valence-electron chi connectivity index (χ4n) is 2.31. The molecule has 6 nitrogen and oxygen atoms in total. The molecule has 1 heterocycles. The minimum absolute atomic E-state index is 0.0150. The largest absolute Gasteiger partial charge is 0.478 e. The van der Waals surface area contributed by atoms with Crippen LogP contribution in [0.3, 0.4) is 0 Å². The van der Waals surface area contributed by atoms with E-state index >= 15 is 0 Å². The zero-order chi connectivity index (χ0) is 15.8. The summed E-state index contributed by atoms with van der Waals surface area (Å²) in [7, 11) is -3.72. The summed E-state index contributed by atoms with van der Waals surface area (Å²) in [5.74, 6) is -1.20. The average Bonchev–Trinajstić information content (AvgIpc) is 2.36. The zero-order valence-corrected chi connectivity index (χ0v) is 13.2. The van der Waals surface area contributed by atoms with Crippen molar-refractivity contribution in [3.63, 3.8) is 0 Å². The monoisotopic (exact) mass is 333 g/mol. The number of morpholine rings is 1. The second-order valence-electron chi connectivity index (χ2n) is 5.03. The lowest BCUT2D eigenvalue weighted by molar-refractivity contribution is -0.0440. The molecule has 8 heteroatoms. The first-order chi connectivity index (χ1) is 9.71. The average molecular weight is 334 g/mol. The summed E-state index contributed by atoms with van der Waals surface area (Å²) < 4.78 is 32.0. The molecule has 0 bridgehead atoms. The Morgan fingerprint density at radius 2 is 1.90 bits per heavy atom. The number of sulfonamides is 1. The zero-order valence-electron chi connectivity index (χ0n) is 11.6. The van der Waals surface area contributed by atoms with Crippen LogP contribution in [0.1, 0.15) is 24.2 Å². The summed E-state index contributed by atoms with van der Waals surface area (Å²) in [4.78, 5) is 10.9. The van der Waals surface area contributed by atoms with E-state index in [1.807, 2.05) is 0 Å². The Balaban J connectivity index is 2.35. The van der Waals surface area contributed by atoms with E-state index in [0.29, 0.717) is 0 Å². The highest BCUT2D eigenvalue weighted by molar-refractivity contribution is 7.89. The SMILES string of the molecule is CC1CN(S(=O)(=O)c2ccc(C(=O)O)c(Cl)c2)CC(C)O1. The predicted molar refractivity (Wildman–Crippen MR) is 77.2 cm³/mol. The Morgan fingerprint density at radius 1 is 1.33 bits per heavy atom. The number of benzene rings is 1. The van der Waals surface area contributed by atoms with Gasteiger partial charge < -0.3 is 9.84 Å². The number of carbonyl (C=O) groups is 1. The van der Waals surface area contributed by atoms with Crippen molar-refractivity contribution in [2.75, 3.05) is 13.1 Å². The molecule has 116 valence electrons. The highest BCUT2D eigenvalue weighted by atomic mass is 35.5. The normalized spacial score (nSPS) is 24.0. The van der Waals surface area contributed by atoms with E-state index in [1.165, 1.54) is 22.5 Å². The van der Waals surface area contributed by atoms with Crippen molar-refractivity contribution in [1.29, 1.82) is 0 Å². The lowest BCUT2D eigenvalue weighted by Gasteiger charge is -2.34. The maximum Gasteiger partial charge on any atom is 0.337 e. The van der Waals surface area contributed by atoms with Crippen LogP contribution in [0.25, 0.3) is 0 Å². The lowest BCUT2D eigenvalue weighted by atomic mass is 10.2. The predicted octanol–water partition coefficient (Wildman–Crippen LogP) is 1.84. The van der Waals surface area contributed by atoms with E-state index in [1.54, 1.807) is 13.8 Å². The van der Waals surface area contributed by atoms with E-state index in [4.69, 9.17) is 21.4 Å². The van der Waals surface area contributed by atoms with Gasteiger partial charge in [-0.15, -0.1) is 0 Å². The molecule has 2 rings (SSSR count). The number of hydrogen-bond acceptors (Lipinski definition) is 4. The molecule has 1 saturated heterocycles. The summed E-state index contributed by atoms with van der Waals surface area (Å²) in [5.41, 5.74) is -0.126. The van der Waals surface area contributed by atoms with Gasteiger partial charge in [-0.25, -0.2) is 13.2 Å². The molecule has 1 N–H and O–H groups in total. The van der Waals surface area contributed by atoms with Gasteiger partial charge in [-0.05, 0) is 32.0 Å². The molecule has 1 aromatic rings. The highest BCUT2D eigenvalue weighted by Gasteiger charge is 2.32. The van der Waals surface area contributed by atoms with Crippen molar-refractivity contribution in [2.24, 2.45) is 0 Å². The van der Waals surface area contributed by atoms with Crippen LogP contribution in [0.4, 0.5) is 0 Å². The number of carboxylic acids is 1. The number of nitrogens with zero attached hydrogens (tertiary/aromatic N) is 1. The van der Waals surface area contributed by atoms with Crippen molar-refractivity contribution in [3.05, 3.63) is 28.8 Å². The highest BCUT2D eigenvalue weighted by Crippen LogP contribution is 2.25. The van der Waals surface area contributed by atoms with Crippen LogP contribution in [0.5, 0.6) is 0 Å². The van der Waals surface area contributed by atoms with E-state index < -0.39 is 16.0 Å². The van der Waals surface area contributed by atoms with Gasteiger partial charge in [0.05, 0.1) is 27.7 Å². The maximum absolute atomic E-state index is 12.6. The van der Waals surface area contributed by atoms with Crippen molar-refractivity contribution in [3.8, 4) is 0 Å². The van der Waals surface area contributed by atoms with Crippen molar-refractivity contribution in [1.82, 2.24) is 4.31 Å². The fourth-order valence-corrected chi connectivity index (χ4v) is 4.25. The second-order valence-corrected chi connectivity index (χ2v) is 7.37. The number of rotatable bonds is 3. The molecule has 0 saturated carbocycles. The van der Waals surface area contributed by atoms with Gasteiger partial charge in [0.2, 0.25) is 10.0 Å². The summed E-state index contributed by atoms with van der Waals surface area (Å²) in [6.07, 6.45) is -0.394. The number of hydrogen-bond donors (Lipinski definition) is 1. The van der Waals surface area contributed by atoms with Crippen molar-refractivity contribution < 1.29 is 23.1 Å². The Bertz CT molecular complexity index is 651. The molecule has 0 radical (unpaired) electrons. The van der Waals surface area contributed by atoms with Crippen molar-refractivity contribution >= 4 is 27.6 Å². The second kappa shape index (κ2) is 5.92. The summed E-state index contributed by atoms with van der Waals surface area (Å²) in [6.45, 7) is 4.12.